The van der Waals surface area contributed by atoms with Gasteiger partial charge in [-0.1, -0.05) is 6.07 Å². The van der Waals surface area contributed by atoms with Gasteiger partial charge in [-0.2, -0.15) is 4.98 Å². The number of nitrogen functional groups attached to an aromatic ring is 2. The van der Waals surface area contributed by atoms with E-state index in [0.29, 0.717) is 30.0 Å². The summed E-state index contributed by atoms with van der Waals surface area (Å²) in [5, 5.41) is 22.1. The summed E-state index contributed by atoms with van der Waals surface area (Å²) < 4.78 is 0. The smallest absolute Gasteiger partial charge is 0.331 e. The highest BCUT2D eigenvalue weighted by atomic mass is 16.4. The first-order chi connectivity index (χ1) is 15.6. The van der Waals surface area contributed by atoms with E-state index in [0.717, 1.165) is 10.9 Å². The number of nitrogens with zero attached hydrogens (tertiary/aromatic N) is 2. The average Bonchev–Trinajstić information content (AvgIpc) is 2.77. The Labute approximate surface area is 188 Å². The SMILES string of the molecule is Nc1nc(N)c2cc(CCNc3ccc(C(=O)[C@](N)(CCC(=O)O)C(=O)O)cc3)ccc2n1. The number of carbonyl (C=O) groups is 3. The van der Waals surface area contributed by atoms with Gasteiger partial charge in [0.05, 0.1) is 5.52 Å². The van der Waals surface area contributed by atoms with E-state index in [4.69, 9.17) is 22.3 Å². The summed E-state index contributed by atoms with van der Waals surface area (Å²) in [6, 6.07) is 11.8. The molecule has 0 aliphatic rings. The number of aliphatic carboxylic acids is 2. The maximum atomic E-state index is 12.6. The Morgan fingerprint density at radius 3 is 2.33 bits per heavy atom. The van der Waals surface area contributed by atoms with Gasteiger partial charge >= 0.3 is 11.9 Å². The summed E-state index contributed by atoms with van der Waals surface area (Å²) >= 11 is 0. The minimum absolute atomic E-state index is 0.0834. The minimum Gasteiger partial charge on any atom is -0.481 e. The van der Waals surface area contributed by atoms with Crippen molar-refractivity contribution in [1.82, 2.24) is 9.97 Å². The number of Topliss-reactive ketones (excluding diaryl/α,β-unsaturated/α-hetero) is 1. The Bertz CT molecular complexity index is 1210. The Morgan fingerprint density at radius 2 is 1.70 bits per heavy atom. The second kappa shape index (κ2) is 9.49. The monoisotopic (exact) mass is 452 g/mol. The van der Waals surface area contributed by atoms with Crippen molar-refractivity contribution in [3.05, 3.63) is 53.6 Å². The fraction of sp³-hybridized carbons (Fsp3) is 0.227. The largest absolute Gasteiger partial charge is 0.481 e. The maximum absolute atomic E-state index is 12.6. The molecule has 172 valence electrons. The number of ketones is 1. The molecule has 0 saturated carbocycles. The van der Waals surface area contributed by atoms with Gasteiger partial charge in [0, 0.05) is 29.6 Å². The average molecular weight is 452 g/mol. The number of rotatable bonds is 10. The van der Waals surface area contributed by atoms with Crippen LogP contribution in [0.25, 0.3) is 10.9 Å². The van der Waals surface area contributed by atoms with E-state index < -0.39 is 36.1 Å². The number of aromatic nitrogens is 2. The van der Waals surface area contributed by atoms with Crippen LogP contribution in [-0.2, 0) is 16.0 Å². The highest BCUT2D eigenvalue weighted by Crippen LogP contribution is 2.22. The highest BCUT2D eigenvalue weighted by molar-refractivity contribution is 6.16. The van der Waals surface area contributed by atoms with Gasteiger partial charge in [0.1, 0.15) is 5.82 Å². The van der Waals surface area contributed by atoms with E-state index in [1.54, 1.807) is 12.1 Å². The lowest BCUT2D eigenvalue weighted by Gasteiger charge is -2.22. The number of carboxylic acid groups (broad SMARTS) is 2. The summed E-state index contributed by atoms with van der Waals surface area (Å²) in [4.78, 5) is 43.1. The van der Waals surface area contributed by atoms with E-state index in [1.807, 2.05) is 18.2 Å². The molecular weight excluding hydrogens is 428 g/mol. The van der Waals surface area contributed by atoms with Crippen LogP contribution in [0.2, 0.25) is 0 Å². The quantitative estimate of drug-likeness (QED) is 0.191. The number of nitrogens with one attached hydrogen (secondary N) is 1. The molecule has 3 rings (SSSR count). The number of fused-ring (bicyclic) bond motifs is 1. The van der Waals surface area contributed by atoms with Gasteiger partial charge in [-0.05, 0) is 54.8 Å². The Morgan fingerprint density at radius 1 is 1.00 bits per heavy atom. The number of carboxylic acids is 2. The lowest BCUT2D eigenvalue weighted by atomic mass is 9.86. The summed E-state index contributed by atoms with van der Waals surface area (Å²) in [5.74, 6) is -3.22. The number of nitrogens with two attached hydrogens (primary N) is 3. The third-order valence-corrected chi connectivity index (χ3v) is 5.22. The first-order valence-corrected chi connectivity index (χ1v) is 10.0. The number of hydrogen-bond donors (Lipinski definition) is 6. The van der Waals surface area contributed by atoms with Gasteiger partial charge < -0.3 is 32.7 Å². The Balaban J connectivity index is 1.63. The van der Waals surface area contributed by atoms with Crippen molar-refractivity contribution in [2.45, 2.75) is 24.8 Å². The van der Waals surface area contributed by atoms with E-state index >= 15 is 0 Å². The molecule has 0 unspecified atom stereocenters. The Kier molecular flexibility index (Phi) is 6.73. The predicted molar refractivity (Wildman–Crippen MR) is 123 cm³/mol. The zero-order valence-corrected chi connectivity index (χ0v) is 17.6. The lowest BCUT2D eigenvalue weighted by molar-refractivity contribution is -0.142. The molecule has 9 N–H and O–H groups in total. The normalized spacial score (nSPS) is 12.8. The molecule has 1 heterocycles. The van der Waals surface area contributed by atoms with Crippen molar-refractivity contribution in [3.63, 3.8) is 0 Å². The van der Waals surface area contributed by atoms with Crippen LogP contribution in [0.3, 0.4) is 0 Å². The van der Waals surface area contributed by atoms with Crippen molar-refractivity contribution in [1.29, 1.82) is 0 Å². The molecule has 1 atom stereocenters. The third-order valence-electron chi connectivity index (χ3n) is 5.22. The van der Waals surface area contributed by atoms with Crippen LogP contribution in [0.5, 0.6) is 0 Å². The molecule has 0 bridgehead atoms. The van der Waals surface area contributed by atoms with Crippen LogP contribution in [0.15, 0.2) is 42.5 Å². The van der Waals surface area contributed by atoms with Gasteiger partial charge in [0.25, 0.3) is 0 Å². The van der Waals surface area contributed by atoms with Gasteiger partial charge in [-0.3, -0.25) is 9.59 Å². The number of benzene rings is 2. The van der Waals surface area contributed by atoms with Crippen LogP contribution in [0.1, 0.15) is 28.8 Å². The van der Waals surface area contributed by atoms with Gasteiger partial charge in [0.2, 0.25) is 5.95 Å². The molecule has 0 amide bonds. The molecule has 33 heavy (non-hydrogen) atoms. The molecule has 0 spiro atoms. The molecule has 0 aliphatic heterocycles. The van der Waals surface area contributed by atoms with Crippen LogP contribution in [0, 0.1) is 0 Å². The molecule has 0 aliphatic carbocycles. The van der Waals surface area contributed by atoms with E-state index in [-0.39, 0.29) is 11.5 Å². The Hall–Kier alpha value is -4.25. The standard InChI is InChI=1S/C22H24N6O5/c23-19-15-11-12(1-6-16(15)27-21(24)28-19)8-10-26-14-4-2-13(3-5-14)18(31)22(25,20(32)33)9-7-17(29)30/h1-6,11,26H,7-10,25H2,(H,29,30)(H,32,33)(H4,23,24,27,28)/t22-/m1/s1. The van der Waals surface area contributed by atoms with Crippen LogP contribution in [-0.4, -0.2) is 50.0 Å². The summed E-state index contributed by atoms with van der Waals surface area (Å²) in [7, 11) is 0. The third kappa shape index (κ3) is 5.33. The fourth-order valence-electron chi connectivity index (χ4n) is 3.34. The van der Waals surface area contributed by atoms with Crippen LogP contribution < -0.4 is 22.5 Å². The summed E-state index contributed by atoms with van der Waals surface area (Å²) in [5.41, 5.74) is 17.4. The molecule has 3 aromatic rings. The van der Waals surface area contributed by atoms with E-state index in [9.17, 15) is 19.5 Å². The zero-order chi connectivity index (χ0) is 24.2. The lowest BCUT2D eigenvalue weighted by Crippen LogP contribution is -2.55. The number of carbonyl (C=O) groups excluding carboxylic acids is 1. The molecule has 11 nitrogen and oxygen atoms in total. The van der Waals surface area contributed by atoms with Crippen molar-refractivity contribution in [2.75, 3.05) is 23.3 Å². The van der Waals surface area contributed by atoms with Gasteiger partial charge in [-0.15, -0.1) is 0 Å². The molecule has 0 radical (unpaired) electrons. The topological polar surface area (TPSA) is 208 Å². The van der Waals surface area contributed by atoms with Crippen LogP contribution >= 0.6 is 0 Å². The van der Waals surface area contributed by atoms with Crippen molar-refractivity contribution in [2.24, 2.45) is 5.73 Å². The number of anilines is 3. The first kappa shape index (κ1) is 23.4. The highest BCUT2D eigenvalue weighted by Gasteiger charge is 2.42. The van der Waals surface area contributed by atoms with E-state index in [2.05, 4.69) is 15.3 Å². The molecule has 2 aromatic carbocycles. The van der Waals surface area contributed by atoms with E-state index in [1.165, 1.54) is 12.1 Å². The number of hydrogen-bond acceptors (Lipinski definition) is 9. The molecule has 1 aromatic heterocycles. The van der Waals surface area contributed by atoms with Gasteiger partial charge in [-0.25, -0.2) is 9.78 Å². The van der Waals surface area contributed by atoms with Crippen molar-refractivity contribution >= 4 is 46.1 Å². The predicted octanol–water partition coefficient (Wildman–Crippen LogP) is 1.28. The molecule has 0 fully saturated rings. The zero-order valence-electron chi connectivity index (χ0n) is 17.6. The minimum atomic E-state index is -2.31. The summed E-state index contributed by atoms with van der Waals surface area (Å²) in [6.45, 7) is 0.573. The van der Waals surface area contributed by atoms with Crippen LogP contribution in [0.4, 0.5) is 17.5 Å². The molecular formula is C22H24N6O5. The first-order valence-electron chi connectivity index (χ1n) is 10.0. The maximum Gasteiger partial charge on any atom is 0.331 e. The fourth-order valence-corrected chi connectivity index (χ4v) is 3.34. The second-order valence-electron chi connectivity index (χ2n) is 7.57. The molecule has 11 heteroatoms. The van der Waals surface area contributed by atoms with Crippen molar-refractivity contribution in [3.8, 4) is 0 Å². The second-order valence-corrected chi connectivity index (χ2v) is 7.57. The van der Waals surface area contributed by atoms with Crippen molar-refractivity contribution < 1.29 is 24.6 Å². The molecule has 0 saturated heterocycles. The van der Waals surface area contributed by atoms with Gasteiger partial charge in [0.15, 0.2) is 11.3 Å². The summed E-state index contributed by atoms with van der Waals surface area (Å²) in [6.07, 6.45) is -0.376.